The zero-order valence-electron chi connectivity index (χ0n) is 8.73. The van der Waals surface area contributed by atoms with E-state index in [0.29, 0.717) is 11.1 Å². The topological polar surface area (TPSA) is 88.3 Å². The number of hydrogen-bond acceptors (Lipinski definition) is 4. The van der Waals surface area contributed by atoms with Crippen LogP contribution in [0.15, 0.2) is 24.3 Å². The third-order valence-corrected chi connectivity index (χ3v) is 2.45. The van der Waals surface area contributed by atoms with Crippen molar-refractivity contribution < 1.29 is 14.6 Å². The fourth-order valence-corrected chi connectivity index (χ4v) is 1.58. The van der Waals surface area contributed by atoms with Crippen molar-refractivity contribution in [1.82, 2.24) is 4.98 Å². The van der Waals surface area contributed by atoms with E-state index in [1.54, 1.807) is 24.3 Å². The van der Waals surface area contributed by atoms with Gasteiger partial charge in [0, 0.05) is 16.6 Å². The Morgan fingerprint density at radius 3 is 2.94 bits per heavy atom. The first-order chi connectivity index (χ1) is 7.63. The molecule has 0 fully saturated rings. The molecule has 0 saturated carbocycles. The minimum atomic E-state index is -0.864. The third-order valence-electron chi connectivity index (χ3n) is 2.45. The largest absolute Gasteiger partial charge is 0.507 e. The Kier molecular flexibility index (Phi) is 2.54. The Labute approximate surface area is 91.8 Å². The summed E-state index contributed by atoms with van der Waals surface area (Å²) in [6, 6.07) is 5.86. The van der Waals surface area contributed by atoms with Gasteiger partial charge >= 0.3 is 5.97 Å². The monoisotopic (exact) mass is 220 g/mol. The number of aromatic hydroxyl groups is 1. The van der Waals surface area contributed by atoms with Gasteiger partial charge in [-0.15, -0.1) is 0 Å². The average molecular weight is 220 g/mol. The van der Waals surface area contributed by atoms with Crippen LogP contribution in [0.2, 0.25) is 0 Å². The fraction of sp³-hybridized carbons (Fsp3) is 0.182. The molecule has 0 aliphatic heterocycles. The molecule has 2 aromatic rings. The lowest BCUT2D eigenvalue weighted by atomic mass is 10.2. The number of phenols is 1. The van der Waals surface area contributed by atoms with E-state index in [1.165, 1.54) is 7.11 Å². The number of carbonyl (C=O) groups is 1. The molecule has 1 unspecified atom stereocenters. The maximum absolute atomic E-state index is 11.2. The van der Waals surface area contributed by atoms with Gasteiger partial charge in [0.15, 0.2) is 0 Å². The van der Waals surface area contributed by atoms with Crippen LogP contribution in [0.1, 0.15) is 11.7 Å². The number of nitrogens with one attached hydrogen (secondary N) is 1. The van der Waals surface area contributed by atoms with Gasteiger partial charge in [0.2, 0.25) is 0 Å². The summed E-state index contributed by atoms with van der Waals surface area (Å²) in [4.78, 5) is 14.2. The van der Waals surface area contributed by atoms with Gasteiger partial charge in [0.25, 0.3) is 0 Å². The highest BCUT2D eigenvalue weighted by atomic mass is 16.5. The molecular formula is C11H12N2O3. The van der Waals surface area contributed by atoms with E-state index in [9.17, 15) is 9.90 Å². The van der Waals surface area contributed by atoms with E-state index in [-0.39, 0.29) is 5.75 Å². The van der Waals surface area contributed by atoms with E-state index in [4.69, 9.17) is 5.73 Å². The van der Waals surface area contributed by atoms with E-state index in [1.807, 2.05) is 0 Å². The van der Waals surface area contributed by atoms with Crippen LogP contribution in [0.25, 0.3) is 10.9 Å². The van der Waals surface area contributed by atoms with Crippen LogP contribution in [-0.2, 0) is 9.53 Å². The van der Waals surface area contributed by atoms with Crippen molar-refractivity contribution in [3.05, 3.63) is 30.0 Å². The van der Waals surface area contributed by atoms with Gasteiger partial charge in [-0.05, 0) is 18.2 Å². The predicted octanol–water partition coefficient (Wildman–Crippen LogP) is 1.05. The van der Waals surface area contributed by atoms with Crippen LogP contribution in [0, 0.1) is 0 Å². The van der Waals surface area contributed by atoms with E-state index >= 15 is 0 Å². The minimum Gasteiger partial charge on any atom is -0.507 e. The van der Waals surface area contributed by atoms with Gasteiger partial charge in [0.1, 0.15) is 11.8 Å². The quantitative estimate of drug-likeness (QED) is 0.660. The molecular weight excluding hydrogens is 208 g/mol. The van der Waals surface area contributed by atoms with Crippen molar-refractivity contribution >= 4 is 16.9 Å². The fourth-order valence-electron chi connectivity index (χ4n) is 1.58. The first-order valence-corrected chi connectivity index (χ1v) is 4.77. The zero-order chi connectivity index (χ0) is 11.7. The van der Waals surface area contributed by atoms with Crippen molar-refractivity contribution in [1.29, 1.82) is 0 Å². The summed E-state index contributed by atoms with van der Waals surface area (Å²) in [6.45, 7) is 0. The van der Waals surface area contributed by atoms with Crippen molar-refractivity contribution in [2.75, 3.05) is 7.11 Å². The molecule has 0 aliphatic rings. The highest BCUT2D eigenvalue weighted by molar-refractivity contribution is 5.88. The summed E-state index contributed by atoms with van der Waals surface area (Å²) < 4.78 is 4.55. The summed E-state index contributed by atoms with van der Waals surface area (Å²) in [6.07, 6.45) is 0. The zero-order valence-corrected chi connectivity index (χ0v) is 8.73. The molecule has 2 rings (SSSR count). The Balaban J connectivity index is 2.47. The highest BCUT2D eigenvalue weighted by Gasteiger charge is 2.18. The van der Waals surface area contributed by atoms with Gasteiger partial charge in [-0.25, -0.2) is 4.79 Å². The standard InChI is InChI=1S/C11H12N2O3/c1-16-11(15)10(12)8-5-6-7(13-8)3-2-4-9(6)14/h2-5,10,13-14H,12H2,1H3. The summed E-state index contributed by atoms with van der Waals surface area (Å²) in [5.41, 5.74) is 6.92. The number of fused-ring (bicyclic) bond motifs is 1. The van der Waals surface area contributed by atoms with Gasteiger partial charge in [-0.1, -0.05) is 6.07 Å². The molecule has 5 heteroatoms. The number of rotatable bonds is 2. The van der Waals surface area contributed by atoms with Gasteiger partial charge in [-0.2, -0.15) is 0 Å². The minimum absolute atomic E-state index is 0.150. The molecule has 5 nitrogen and oxygen atoms in total. The molecule has 84 valence electrons. The summed E-state index contributed by atoms with van der Waals surface area (Å²) in [5.74, 6) is -0.372. The molecule has 0 amide bonds. The number of benzene rings is 1. The first kappa shape index (κ1) is 10.5. The number of carbonyl (C=O) groups excluding carboxylic acids is 1. The van der Waals surface area contributed by atoms with Crippen LogP contribution in [0.3, 0.4) is 0 Å². The van der Waals surface area contributed by atoms with E-state index in [0.717, 1.165) is 5.52 Å². The van der Waals surface area contributed by atoms with Crippen molar-refractivity contribution in [2.45, 2.75) is 6.04 Å². The number of hydrogen-bond donors (Lipinski definition) is 3. The SMILES string of the molecule is COC(=O)C(N)c1cc2c(O)cccc2[nH]1. The molecule has 1 aromatic heterocycles. The van der Waals surface area contributed by atoms with Crippen molar-refractivity contribution in [3.8, 4) is 5.75 Å². The number of nitrogens with two attached hydrogens (primary N) is 1. The summed E-state index contributed by atoms with van der Waals surface area (Å²) >= 11 is 0. The smallest absolute Gasteiger partial charge is 0.328 e. The number of phenolic OH excluding ortho intramolecular Hbond substituents is 1. The molecule has 16 heavy (non-hydrogen) atoms. The second kappa shape index (κ2) is 3.86. The Bertz CT molecular complexity index is 533. The molecule has 0 spiro atoms. The maximum Gasteiger partial charge on any atom is 0.328 e. The van der Waals surface area contributed by atoms with Gasteiger partial charge in [-0.3, -0.25) is 0 Å². The number of methoxy groups -OCH3 is 1. The first-order valence-electron chi connectivity index (χ1n) is 4.77. The molecule has 0 aliphatic carbocycles. The molecule has 1 atom stereocenters. The summed E-state index contributed by atoms with van der Waals surface area (Å²) in [7, 11) is 1.28. The van der Waals surface area contributed by atoms with Crippen LogP contribution >= 0.6 is 0 Å². The van der Waals surface area contributed by atoms with Crippen LogP contribution < -0.4 is 5.73 Å². The highest BCUT2D eigenvalue weighted by Crippen LogP contribution is 2.26. The average Bonchev–Trinajstić information content (AvgIpc) is 2.72. The Hall–Kier alpha value is -2.01. The number of esters is 1. The molecule has 1 heterocycles. The lowest BCUT2D eigenvalue weighted by Gasteiger charge is -2.05. The van der Waals surface area contributed by atoms with E-state index < -0.39 is 12.0 Å². The van der Waals surface area contributed by atoms with Crippen molar-refractivity contribution in [2.24, 2.45) is 5.73 Å². The number of aromatic amines is 1. The molecule has 0 radical (unpaired) electrons. The maximum atomic E-state index is 11.2. The van der Waals surface area contributed by atoms with Gasteiger partial charge < -0.3 is 20.6 Å². The number of H-pyrrole nitrogens is 1. The molecule has 1 aromatic carbocycles. The Morgan fingerprint density at radius 2 is 2.31 bits per heavy atom. The molecule has 0 bridgehead atoms. The van der Waals surface area contributed by atoms with Crippen LogP contribution in [0.4, 0.5) is 0 Å². The second-order valence-corrected chi connectivity index (χ2v) is 3.46. The Morgan fingerprint density at radius 1 is 1.56 bits per heavy atom. The second-order valence-electron chi connectivity index (χ2n) is 3.46. The molecule has 0 saturated heterocycles. The van der Waals surface area contributed by atoms with E-state index in [2.05, 4.69) is 9.72 Å². The molecule has 4 N–H and O–H groups in total. The lowest BCUT2D eigenvalue weighted by molar-refractivity contribution is -0.142. The number of aromatic nitrogens is 1. The number of ether oxygens (including phenoxy) is 1. The van der Waals surface area contributed by atoms with Crippen LogP contribution in [0.5, 0.6) is 5.75 Å². The van der Waals surface area contributed by atoms with Gasteiger partial charge in [0.05, 0.1) is 7.11 Å². The third kappa shape index (κ3) is 1.61. The predicted molar refractivity (Wildman–Crippen MR) is 58.9 cm³/mol. The van der Waals surface area contributed by atoms with Crippen molar-refractivity contribution in [3.63, 3.8) is 0 Å². The summed E-state index contributed by atoms with van der Waals surface area (Å²) in [5, 5.41) is 10.2. The van der Waals surface area contributed by atoms with Crippen LogP contribution in [-0.4, -0.2) is 23.2 Å². The normalized spacial score (nSPS) is 12.6. The lowest BCUT2D eigenvalue weighted by Crippen LogP contribution is -2.22.